The Morgan fingerprint density at radius 1 is 1.56 bits per heavy atom. The minimum atomic E-state index is 0.262. The van der Waals surface area contributed by atoms with Crippen molar-refractivity contribution >= 4 is 11.6 Å². The van der Waals surface area contributed by atoms with Gasteiger partial charge in [0.2, 0.25) is 0 Å². The van der Waals surface area contributed by atoms with Crippen LogP contribution in [0.5, 0.6) is 0 Å². The summed E-state index contributed by atoms with van der Waals surface area (Å²) < 4.78 is 5.50. The molecule has 0 saturated carbocycles. The number of hydrogen-bond donors (Lipinski definition) is 1. The monoisotopic (exact) mass is 222 g/mol. The molecule has 1 fully saturated rings. The predicted molar refractivity (Wildman–Crippen MR) is 63.8 cm³/mol. The molecule has 5 heteroatoms. The van der Waals surface area contributed by atoms with Crippen LogP contribution in [0.1, 0.15) is 13.8 Å². The van der Waals surface area contributed by atoms with E-state index in [4.69, 9.17) is 4.74 Å². The molecule has 5 nitrogen and oxygen atoms in total. The Labute approximate surface area is 95.8 Å². The average Bonchev–Trinajstić information content (AvgIpc) is 2.30. The van der Waals surface area contributed by atoms with Crippen molar-refractivity contribution in [1.82, 2.24) is 9.97 Å². The highest BCUT2D eigenvalue weighted by atomic mass is 16.5. The van der Waals surface area contributed by atoms with Crippen molar-refractivity contribution in [3.05, 3.63) is 12.4 Å². The molecule has 1 atom stereocenters. The molecule has 16 heavy (non-hydrogen) atoms. The lowest BCUT2D eigenvalue weighted by Gasteiger charge is -2.31. The Kier molecular flexibility index (Phi) is 3.56. The first-order valence-corrected chi connectivity index (χ1v) is 5.72. The van der Waals surface area contributed by atoms with Gasteiger partial charge in [-0.25, -0.2) is 4.98 Å². The van der Waals surface area contributed by atoms with E-state index in [0.717, 1.165) is 37.9 Å². The second kappa shape index (κ2) is 5.12. The van der Waals surface area contributed by atoms with Crippen LogP contribution >= 0.6 is 0 Å². The smallest absolute Gasteiger partial charge is 0.149 e. The fourth-order valence-corrected chi connectivity index (χ4v) is 1.80. The number of anilines is 2. The molecule has 1 saturated heterocycles. The summed E-state index contributed by atoms with van der Waals surface area (Å²) >= 11 is 0. The summed E-state index contributed by atoms with van der Waals surface area (Å²) in [4.78, 5) is 10.9. The molecule has 88 valence electrons. The normalized spacial score (nSPS) is 20.9. The molecule has 1 N–H and O–H groups in total. The summed E-state index contributed by atoms with van der Waals surface area (Å²) in [7, 11) is 0. The van der Waals surface area contributed by atoms with E-state index in [0.29, 0.717) is 0 Å². The third-order valence-electron chi connectivity index (χ3n) is 2.54. The third-order valence-corrected chi connectivity index (χ3v) is 2.54. The van der Waals surface area contributed by atoms with Gasteiger partial charge in [-0.3, -0.25) is 4.98 Å². The van der Waals surface area contributed by atoms with Crippen LogP contribution in [0.25, 0.3) is 0 Å². The highest BCUT2D eigenvalue weighted by Crippen LogP contribution is 2.15. The lowest BCUT2D eigenvalue weighted by molar-refractivity contribution is 0.0529. The van der Waals surface area contributed by atoms with Crippen LogP contribution in [0, 0.1) is 0 Å². The maximum absolute atomic E-state index is 5.50. The van der Waals surface area contributed by atoms with E-state index < -0.39 is 0 Å². The second-order valence-corrected chi connectivity index (χ2v) is 3.92. The van der Waals surface area contributed by atoms with Gasteiger partial charge in [0, 0.05) is 19.6 Å². The van der Waals surface area contributed by atoms with Crippen LogP contribution in [0.4, 0.5) is 11.6 Å². The van der Waals surface area contributed by atoms with Crippen LogP contribution in [-0.2, 0) is 4.74 Å². The third kappa shape index (κ3) is 2.61. The zero-order valence-electron chi connectivity index (χ0n) is 9.81. The topological polar surface area (TPSA) is 50.3 Å². The average molecular weight is 222 g/mol. The number of hydrogen-bond acceptors (Lipinski definition) is 5. The SMILES string of the molecule is CCNc1cncc(N2CCOC(C)C2)n1. The summed E-state index contributed by atoms with van der Waals surface area (Å²) in [5.74, 6) is 1.76. The van der Waals surface area contributed by atoms with Crippen molar-refractivity contribution in [2.24, 2.45) is 0 Å². The van der Waals surface area contributed by atoms with Crippen LogP contribution < -0.4 is 10.2 Å². The highest BCUT2D eigenvalue weighted by Gasteiger charge is 2.18. The Bertz CT molecular complexity index is 345. The standard InChI is InChI=1S/C11H18N4O/c1-3-13-10-6-12-7-11(14-10)15-4-5-16-9(2)8-15/h6-7,9H,3-5,8H2,1-2H3,(H,13,14). The van der Waals surface area contributed by atoms with Crippen molar-refractivity contribution in [3.8, 4) is 0 Å². The summed E-state index contributed by atoms with van der Waals surface area (Å²) in [6.45, 7) is 7.50. The van der Waals surface area contributed by atoms with Gasteiger partial charge in [-0.2, -0.15) is 0 Å². The molecule has 1 unspecified atom stereocenters. The maximum Gasteiger partial charge on any atom is 0.149 e. The quantitative estimate of drug-likeness (QED) is 0.831. The lowest BCUT2D eigenvalue weighted by Crippen LogP contribution is -2.41. The van der Waals surface area contributed by atoms with Gasteiger partial charge in [-0.05, 0) is 13.8 Å². The first kappa shape index (κ1) is 11.1. The minimum absolute atomic E-state index is 0.262. The molecule has 1 aromatic rings. The maximum atomic E-state index is 5.50. The molecule has 0 aliphatic carbocycles. The molecule has 0 bridgehead atoms. The van der Waals surface area contributed by atoms with E-state index in [1.165, 1.54) is 0 Å². The molecule has 2 heterocycles. The Morgan fingerprint density at radius 3 is 3.19 bits per heavy atom. The van der Waals surface area contributed by atoms with Crippen molar-refractivity contribution in [2.75, 3.05) is 36.5 Å². The predicted octanol–water partition coefficient (Wildman–Crippen LogP) is 1.13. The second-order valence-electron chi connectivity index (χ2n) is 3.92. The van der Waals surface area contributed by atoms with Crippen molar-refractivity contribution in [2.45, 2.75) is 20.0 Å². The van der Waals surface area contributed by atoms with Gasteiger partial charge in [-0.15, -0.1) is 0 Å². The number of ether oxygens (including phenoxy) is 1. The summed E-state index contributed by atoms with van der Waals surface area (Å²) in [6, 6.07) is 0. The van der Waals surface area contributed by atoms with Gasteiger partial charge in [0.05, 0.1) is 25.1 Å². The molecule has 2 rings (SSSR count). The van der Waals surface area contributed by atoms with Gasteiger partial charge >= 0.3 is 0 Å². The summed E-state index contributed by atoms with van der Waals surface area (Å²) in [6.07, 6.45) is 3.81. The molecule has 0 amide bonds. The van der Waals surface area contributed by atoms with Crippen LogP contribution in [0.2, 0.25) is 0 Å². The van der Waals surface area contributed by atoms with E-state index in [2.05, 4.69) is 27.1 Å². The van der Waals surface area contributed by atoms with Crippen LogP contribution in [0.15, 0.2) is 12.4 Å². The first-order valence-electron chi connectivity index (χ1n) is 5.72. The summed E-state index contributed by atoms with van der Waals surface area (Å²) in [5.41, 5.74) is 0. The van der Waals surface area contributed by atoms with E-state index in [9.17, 15) is 0 Å². The zero-order valence-corrected chi connectivity index (χ0v) is 9.81. The number of nitrogens with one attached hydrogen (secondary N) is 1. The van der Waals surface area contributed by atoms with Crippen LogP contribution in [0.3, 0.4) is 0 Å². The van der Waals surface area contributed by atoms with Crippen molar-refractivity contribution in [3.63, 3.8) is 0 Å². The number of morpholine rings is 1. The van der Waals surface area contributed by atoms with Gasteiger partial charge in [0.15, 0.2) is 0 Å². The molecule has 1 aromatic heterocycles. The summed E-state index contributed by atoms with van der Waals surface area (Å²) in [5, 5.41) is 3.17. The largest absolute Gasteiger partial charge is 0.375 e. The first-order chi connectivity index (χ1) is 7.79. The van der Waals surface area contributed by atoms with E-state index in [1.807, 2.05) is 6.92 Å². The number of nitrogens with zero attached hydrogens (tertiary/aromatic N) is 3. The minimum Gasteiger partial charge on any atom is -0.375 e. The molecule has 0 radical (unpaired) electrons. The van der Waals surface area contributed by atoms with Crippen LogP contribution in [-0.4, -0.2) is 42.3 Å². The number of rotatable bonds is 3. The molecule has 1 aliphatic rings. The molecule has 0 spiro atoms. The fourth-order valence-electron chi connectivity index (χ4n) is 1.80. The lowest BCUT2D eigenvalue weighted by atomic mass is 10.3. The zero-order chi connectivity index (χ0) is 11.4. The molecular weight excluding hydrogens is 204 g/mol. The van der Waals surface area contributed by atoms with Crippen molar-refractivity contribution in [1.29, 1.82) is 0 Å². The van der Waals surface area contributed by atoms with E-state index in [-0.39, 0.29) is 6.10 Å². The fraction of sp³-hybridized carbons (Fsp3) is 0.636. The Morgan fingerprint density at radius 2 is 2.44 bits per heavy atom. The van der Waals surface area contributed by atoms with Gasteiger partial charge < -0.3 is 15.0 Å². The highest BCUT2D eigenvalue weighted by molar-refractivity contribution is 5.44. The number of aromatic nitrogens is 2. The van der Waals surface area contributed by atoms with Crippen molar-refractivity contribution < 1.29 is 4.74 Å². The van der Waals surface area contributed by atoms with E-state index >= 15 is 0 Å². The Balaban J connectivity index is 2.09. The van der Waals surface area contributed by atoms with Gasteiger partial charge in [0.1, 0.15) is 11.6 Å². The molecule has 0 aromatic carbocycles. The van der Waals surface area contributed by atoms with Gasteiger partial charge in [-0.1, -0.05) is 0 Å². The Hall–Kier alpha value is -1.36. The van der Waals surface area contributed by atoms with Gasteiger partial charge in [0.25, 0.3) is 0 Å². The molecule has 1 aliphatic heterocycles. The van der Waals surface area contributed by atoms with E-state index in [1.54, 1.807) is 12.4 Å². The molecular formula is C11H18N4O.